The van der Waals surface area contributed by atoms with Crippen LogP contribution in [0.5, 0.6) is 0 Å². The Bertz CT molecular complexity index is 621. The van der Waals surface area contributed by atoms with E-state index in [9.17, 15) is 4.39 Å². The predicted octanol–water partition coefficient (Wildman–Crippen LogP) is 4.82. The van der Waals surface area contributed by atoms with Crippen molar-refractivity contribution in [3.63, 3.8) is 0 Å². The normalized spacial score (nSPS) is 12.0. The van der Waals surface area contributed by atoms with E-state index in [2.05, 4.69) is 24.5 Å². The maximum Gasteiger partial charge on any atom is 0.171 e. The van der Waals surface area contributed by atoms with Crippen LogP contribution < -0.4 is 10.6 Å². The van der Waals surface area contributed by atoms with Gasteiger partial charge in [-0.25, -0.2) is 4.39 Å². The zero-order valence-electron chi connectivity index (χ0n) is 13.1. The minimum absolute atomic E-state index is 0.0334. The molecule has 0 saturated carbocycles. The van der Waals surface area contributed by atoms with Crippen molar-refractivity contribution >= 4 is 23.0 Å². The van der Waals surface area contributed by atoms with E-state index in [1.165, 1.54) is 17.7 Å². The van der Waals surface area contributed by atoms with Gasteiger partial charge in [-0.15, -0.1) is 0 Å². The molecule has 4 heteroatoms. The maximum atomic E-state index is 13.1. The number of hydrogen-bond donors (Lipinski definition) is 2. The van der Waals surface area contributed by atoms with E-state index in [-0.39, 0.29) is 11.9 Å². The number of halogens is 1. The van der Waals surface area contributed by atoms with Crippen molar-refractivity contribution < 1.29 is 4.39 Å². The summed E-state index contributed by atoms with van der Waals surface area (Å²) in [7, 11) is 0. The molecule has 0 spiro atoms. The molecule has 0 fully saturated rings. The molecule has 0 heterocycles. The summed E-state index contributed by atoms with van der Waals surface area (Å²) < 4.78 is 13.1. The summed E-state index contributed by atoms with van der Waals surface area (Å²) in [6, 6.07) is 14.6. The Hall–Kier alpha value is -1.94. The molecule has 22 heavy (non-hydrogen) atoms. The van der Waals surface area contributed by atoms with Gasteiger partial charge in [-0.05, 0) is 54.9 Å². The zero-order valence-corrected chi connectivity index (χ0v) is 13.9. The zero-order chi connectivity index (χ0) is 16.1. The summed E-state index contributed by atoms with van der Waals surface area (Å²) >= 11 is 5.39. The van der Waals surface area contributed by atoms with E-state index < -0.39 is 0 Å². The smallest absolute Gasteiger partial charge is 0.171 e. The lowest BCUT2D eigenvalue weighted by molar-refractivity contribution is 0.472. The first-order chi connectivity index (χ1) is 10.5. The Labute approximate surface area is 136 Å². The summed E-state index contributed by atoms with van der Waals surface area (Å²) in [6.45, 7) is 6.26. The monoisotopic (exact) mass is 316 g/mol. The molecule has 1 atom stereocenters. The van der Waals surface area contributed by atoms with E-state index >= 15 is 0 Å². The molecule has 116 valence electrons. The van der Waals surface area contributed by atoms with Crippen molar-refractivity contribution in [2.24, 2.45) is 5.92 Å². The number of rotatable bonds is 4. The third-order valence-corrected chi connectivity index (χ3v) is 3.71. The second kappa shape index (κ2) is 7.36. The molecular weight excluding hydrogens is 295 g/mol. The van der Waals surface area contributed by atoms with Crippen molar-refractivity contribution in [1.29, 1.82) is 0 Å². The van der Waals surface area contributed by atoms with Gasteiger partial charge in [-0.1, -0.05) is 43.7 Å². The number of nitrogens with one attached hydrogen (secondary N) is 2. The van der Waals surface area contributed by atoms with Gasteiger partial charge in [-0.3, -0.25) is 0 Å². The van der Waals surface area contributed by atoms with Gasteiger partial charge in [0.2, 0.25) is 0 Å². The molecule has 2 N–H and O–H groups in total. The van der Waals surface area contributed by atoms with Crippen molar-refractivity contribution in [1.82, 2.24) is 5.32 Å². The molecule has 0 amide bonds. The largest absolute Gasteiger partial charge is 0.355 e. The maximum absolute atomic E-state index is 13.1. The molecule has 0 bridgehead atoms. The fourth-order valence-electron chi connectivity index (χ4n) is 2.25. The molecular formula is C18H21FN2S. The third kappa shape index (κ3) is 4.53. The molecule has 0 aliphatic heterocycles. The van der Waals surface area contributed by atoms with Gasteiger partial charge >= 0.3 is 0 Å². The lowest BCUT2D eigenvalue weighted by Gasteiger charge is -2.24. The van der Waals surface area contributed by atoms with Crippen LogP contribution in [0.3, 0.4) is 0 Å². The average molecular weight is 316 g/mol. The molecule has 0 aliphatic rings. The van der Waals surface area contributed by atoms with Crippen LogP contribution in [-0.4, -0.2) is 5.11 Å². The molecule has 2 aromatic rings. The standard InChI is InChI=1S/C18H21FN2S/c1-12(2)17(14-6-8-15(19)9-7-14)21-18(22)20-16-10-4-13(3)5-11-16/h4-12,17H,1-3H3,(H2,20,21,22)/t17-/m1/s1. The van der Waals surface area contributed by atoms with Crippen LogP contribution in [-0.2, 0) is 0 Å². The quantitative estimate of drug-likeness (QED) is 0.791. The van der Waals surface area contributed by atoms with E-state index in [1.54, 1.807) is 12.1 Å². The Morgan fingerprint density at radius 2 is 1.59 bits per heavy atom. The van der Waals surface area contributed by atoms with E-state index in [0.717, 1.165) is 11.3 Å². The van der Waals surface area contributed by atoms with Crippen molar-refractivity contribution in [3.05, 3.63) is 65.5 Å². The predicted molar refractivity (Wildman–Crippen MR) is 94.5 cm³/mol. The fourth-order valence-corrected chi connectivity index (χ4v) is 2.50. The Kier molecular flexibility index (Phi) is 5.50. The van der Waals surface area contributed by atoms with Crippen LogP contribution in [0.15, 0.2) is 48.5 Å². The first-order valence-corrected chi connectivity index (χ1v) is 7.76. The molecule has 0 radical (unpaired) electrons. The Morgan fingerprint density at radius 1 is 1.00 bits per heavy atom. The summed E-state index contributed by atoms with van der Waals surface area (Å²) in [5, 5.41) is 7.06. The lowest BCUT2D eigenvalue weighted by Crippen LogP contribution is -2.34. The van der Waals surface area contributed by atoms with Crippen molar-refractivity contribution in [2.75, 3.05) is 5.32 Å². The molecule has 2 aromatic carbocycles. The SMILES string of the molecule is Cc1ccc(NC(=S)N[C@@H](c2ccc(F)cc2)C(C)C)cc1. The average Bonchev–Trinajstić information content (AvgIpc) is 2.48. The van der Waals surface area contributed by atoms with Gasteiger partial charge in [0.1, 0.15) is 5.82 Å². The summed E-state index contributed by atoms with van der Waals surface area (Å²) in [5.74, 6) is 0.0924. The highest BCUT2D eigenvalue weighted by Crippen LogP contribution is 2.22. The topological polar surface area (TPSA) is 24.1 Å². The van der Waals surface area contributed by atoms with Gasteiger partial charge < -0.3 is 10.6 Å². The minimum atomic E-state index is -0.230. The number of hydrogen-bond acceptors (Lipinski definition) is 1. The Morgan fingerprint density at radius 3 is 2.14 bits per heavy atom. The van der Waals surface area contributed by atoms with Crippen LogP contribution in [0.4, 0.5) is 10.1 Å². The van der Waals surface area contributed by atoms with Crippen LogP contribution in [0.25, 0.3) is 0 Å². The van der Waals surface area contributed by atoms with Crippen molar-refractivity contribution in [3.8, 4) is 0 Å². The molecule has 2 nitrogen and oxygen atoms in total. The van der Waals surface area contributed by atoms with Crippen LogP contribution in [0, 0.1) is 18.7 Å². The molecule has 0 unspecified atom stereocenters. The van der Waals surface area contributed by atoms with Gasteiger partial charge in [0.15, 0.2) is 5.11 Å². The third-order valence-electron chi connectivity index (χ3n) is 3.49. The second-order valence-electron chi connectivity index (χ2n) is 5.74. The fraction of sp³-hybridized carbons (Fsp3) is 0.278. The number of benzene rings is 2. The highest BCUT2D eigenvalue weighted by atomic mass is 32.1. The van der Waals surface area contributed by atoms with Crippen LogP contribution >= 0.6 is 12.2 Å². The van der Waals surface area contributed by atoms with Gasteiger partial charge in [-0.2, -0.15) is 0 Å². The number of thiocarbonyl (C=S) groups is 1. The highest BCUT2D eigenvalue weighted by Gasteiger charge is 2.16. The first-order valence-electron chi connectivity index (χ1n) is 7.35. The lowest BCUT2D eigenvalue weighted by atomic mass is 9.96. The van der Waals surface area contributed by atoms with Gasteiger partial charge in [0.05, 0.1) is 6.04 Å². The first kappa shape index (κ1) is 16.4. The van der Waals surface area contributed by atoms with Crippen LogP contribution in [0.2, 0.25) is 0 Å². The molecule has 0 saturated heterocycles. The summed E-state index contributed by atoms with van der Waals surface area (Å²) in [6.07, 6.45) is 0. The van der Waals surface area contributed by atoms with Crippen molar-refractivity contribution in [2.45, 2.75) is 26.8 Å². The van der Waals surface area contributed by atoms with E-state index in [1.807, 2.05) is 31.2 Å². The molecule has 0 aromatic heterocycles. The van der Waals surface area contributed by atoms with Gasteiger partial charge in [0.25, 0.3) is 0 Å². The molecule has 2 rings (SSSR count). The molecule has 0 aliphatic carbocycles. The minimum Gasteiger partial charge on any atom is -0.355 e. The second-order valence-corrected chi connectivity index (χ2v) is 6.15. The van der Waals surface area contributed by atoms with Gasteiger partial charge in [0, 0.05) is 5.69 Å². The number of anilines is 1. The summed E-state index contributed by atoms with van der Waals surface area (Å²) in [4.78, 5) is 0. The Balaban J connectivity index is 2.05. The van der Waals surface area contributed by atoms with E-state index in [0.29, 0.717) is 11.0 Å². The number of aryl methyl sites for hydroxylation is 1. The van der Waals surface area contributed by atoms with Crippen LogP contribution in [0.1, 0.15) is 31.0 Å². The summed E-state index contributed by atoms with van der Waals surface area (Å²) in [5.41, 5.74) is 3.17. The highest BCUT2D eigenvalue weighted by molar-refractivity contribution is 7.80. The van der Waals surface area contributed by atoms with E-state index in [4.69, 9.17) is 12.2 Å².